The van der Waals surface area contributed by atoms with Gasteiger partial charge in [-0.2, -0.15) is 0 Å². The van der Waals surface area contributed by atoms with Crippen molar-refractivity contribution in [2.45, 2.75) is 13.0 Å². The highest BCUT2D eigenvalue weighted by Gasteiger charge is 2.11. The molecule has 7 heteroatoms. The van der Waals surface area contributed by atoms with Crippen LogP contribution in [0.25, 0.3) is 0 Å². The SMILES string of the molecule is CC(ON)c1ccc2c(c1)OCCOCCOCCOCCO2. The molecule has 2 rings (SSSR count). The van der Waals surface area contributed by atoms with Crippen LogP contribution >= 0.6 is 0 Å². The molecular formula is C16H25NO6. The molecule has 1 aliphatic heterocycles. The van der Waals surface area contributed by atoms with Gasteiger partial charge in [0, 0.05) is 0 Å². The number of ether oxygens (including phenoxy) is 5. The van der Waals surface area contributed by atoms with E-state index in [2.05, 4.69) is 0 Å². The van der Waals surface area contributed by atoms with Crippen molar-refractivity contribution in [1.82, 2.24) is 0 Å². The minimum Gasteiger partial charge on any atom is -0.487 e. The molecule has 0 bridgehead atoms. The van der Waals surface area contributed by atoms with E-state index in [1.165, 1.54) is 0 Å². The van der Waals surface area contributed by atoms with E-state index in [1.807, 2.05) is 25.1 Å². The number of benzene rings is 1. The lowest BCUT2D eigenvalue weighted by Crippen LogP contribution is -2.13. The first kappa shape index (κ1) is 18.0. The molecule has 7 nitrogen and oxygen atoms in total. The molecule has 0 saturated heterocycles. The largest absolute Gasteiger partial charge is 0.487 e. The molecule has 0 saturated carbocycles. The van der Waals surface area contributed by atoms with Crippen LogP contribution in [0.5, 0.6) is 11.5 Å². The maximum Gasteiger partial charge on any atom is 0.161 e. The molecule has 0 radical (unpaired) electrons. The van der Waals surface area contributed by atoms with Gasteiger partial charge in [0.25, 0.3) is 0 Å². The van der Waals surface area contributed by atoms with E-state index in [1.54, 1.807) is 0 Å². The van der Waals surface area contributed by atoms with Crippen LogP contribution in [0.2, 0.25) is 0 Å². The first-order chi connectivity index (χ1) is 11.3. The van der Waals surface area contributed by atoms with Gasteiger partial charge in [0.05, 0.1) is 39.6 Å². The van der Waals surface area contributed by atoms with Crippen LogP contribution in [0.3, 0.4) is 0 Å². The average Bonchev–Trinajstić information content (AvgIpc) is 2.59. The number of rotatable bonds is 2. The van der Waals surface area contributed by atoms with E-state index in [0.717, 1.165) is 5.56 Å². The molecule has 0 spiro atoms. The fourth-order valence-electron chi connectivity index (χ4n) is 2.05. The molecular weight excluding hydrogens is 302 g/mol. The second-order valence-electron chi connectivity index (χ2n) is 5.02. The maximum absolute atomic E-state index is 5.77. The van der Waals surface area contributed by atoms with Crippen molar-refractivity contribution in [2.75, 3.05) is 52.9 Å². The molecule has 0 fully saturated rings. The summed E-state index contributed by atoms with van der Waals surface area (Å²) >= 11 is 0. The predicted molar refractivity (Wildman–Crippen MR) is 83.6 cm³/mol. The molecule has 1 aliphatic rings. The van der Waals surface area contributed by atoms with E-state index < -0.39 is 0 Å². The molecule has 0 aliphatic carbocycles. The first-order valence-corrected chi connectivity index (χ1v) is 7.79. The van der Waals surface area contributed by atoms with Gasteiger partial charge in [-0.25, -0.2) is 5.90 Å². The molecule has 1 aromatic carbocycles. The number of nitrogens with two attached hydrogens (primary N) is 1. The summed E-state index contributed by atoms with van der Waals surface area (Å²) in [6.07, 6.45) is -0.225. The Morgan fingerprint density at radius 1 is 0.826 bits per heavy atom. The topological polar surface area (TPSA) is 81.4 Å². The third kappa shape index (κ3) is 6.32. The van der Waals surface area contributed by atoms with Gasteiger partial charge in [-0.15, -0.1) is 0 Å². The number of hydrogen-bond acceptors (Lipinski definition) is 7. The predicted octanol–water partition coefficient (Wildman–Crippen LogP) is 1.46. The lowest BCUT2D eigenvalue weighted by atomic mass is 10.1. The molecule has 23 heavy (non-hydrogen) atoms. The van der Waals surface area contributed by atoms with Gasteiger partial charge >= 0.3 is 0 Å². The monoisotopic (exact) mass is 327 g/mol. The Kier molecular flexibility index (Phi) is 8.13. The van der Waals surface area contributed by atoms with Gasteiger partial charge < -0.3 is 23.7 Å². The van der Waals surface area contributed by atoms with Crippen LogP contribution in [-0.2, 0) is 19.0 Å². The fourth-order valence-corrected chi connectivity index (χ4v) is 2.05. The Balaban J connectivity index is 2.02. The standard InChI is InChI=1S/C16H25NO6/c1-13(23-17)14-2-3-15-16(12-14)22-11-9-20-7-5-18-4-6-19-8-10-21-15/h2-3,12-13H,4-11,17H2,1H3. The van der Waals surface area contributed by atoms with Gasteiger partial charge in [0.1, 0.15) is 19.3 Å². The molecule has 1 unspecified atom stereocenters. The van der Waals surface area contributed by atoms with Gasteiger partial charge in [-0.3, -0.25) is 4.84 Å². The van der Waals surface area contributed by atoms with E-state index in [4.69, 9.17) is 34.4 Å². The Hall–Kier alpha value is -1.38. The molecule has 0 aromatic heterocycles. The van der Waals surface area contributed by atoms with Crippen LogP contribution in [0, 0.1) is 0 Å². The van der Waals surface area contributed by atoms with Crippen LogP contribution in [-0.4, -0.2) is 52.9 Å². The minimum absolute atomic E-state index is 0.225. The molecule has 1 atom stereocenters. The minimum atomic E-state index is -0.225. The van der Waals surface area contributed by atoms with Crippen LogP contribution in [0.4, 0.5) is 0 Å². The summed E-state index contributed by atoms with van der Waals surface area (Å²) in [6, 6.07) is 5.62. The summed E-state index contributed by atoms with van der Waals surface area (Å²) < 4.78 is 27.8. The quantitative estimate of drug-likeness (QED) is 0.824. The highest BCUT2D eigenvalue weighted by atomic mass is 16.6. The van der Waals surface area contributed by atoms with Crippen LogP contribution < -0.4 is 15.4 Å². The smallest absolute Gasteiger partial charge is 0.161 e. The summed E-state index contributed by atoms with van der Waals surface area (Å²) in [7, 11) is 0. The van der Waals surface area contributed by atoms with Crippen molar-refractivity contribution in [3.05, 3.63) is 23.8 Å². The van der Waals surface area contributed by atoms with Gasteiger partial charge in [-0.05, 0) is 24.6 Å². The van der Waals surface area contributed by atoms with Gasteiger partial charge in [0.15, 0.2) is 11.5 Å². The highest BCUT2D eigenvalue weighted by Crippen LogP contribution is 2.31. The van der Waals surface area contributed by atoms with E-state index in [9.17, 15) is 0 Å². The molecule has 2 N–H and O–H groups in total. The summed E-state index contributed by atoms with van der Waals surface area (Å²) in [5.74, 6) is 6.55. The third-order valence-corrected chi connectivity index (χ3v) is 3.36. The fraction of sp³-hybridized carbons (Fsp3) is 0.625. The Morgan fingerprint density at radius 3 is 1.91 bits per heavy atom. The lowest BCUT2D eigenvalue weighted by Gasteiger charge is -2.16. The number of hydrogen-bond donors (Lipinski definition) is 1. The normalized spacial score (nSPS) is 19.4. The average molecular weight is 327 g/mol. The van der Waals surface area contributed by atoms with Gasteiger partial charge in [-0.1, -0.05) is 6.07 Å². The number of fused-ring (bicyclic) bond motifs is 1. The second kappa shape index (κ2) is 10.4. The Bertz CT molecular complexity index is 456. The van der Waals surface area contributed by atoms with Gasteiger partial charge in [0.2, 0.25) is 0 Å². The van der Waals surface area contributed by atoms with E-state index >= 15 is 0 Å². The van der Waals surface area contributed by atoms with Crippen molar-refractivity contribution in [3.8, 4) is 11.5 Å². The van der Waals surface area contributed by atoms with Crippen molar-refractivity contribution in [1.29, 1.82) is 0 Å². The summed E-state index contributed by atoms with van der Waals surface area (Å²) in [5, 5.41) is 0. The Labute approximate surface area is 136 Å². The third-order valence-electron chi connectivity index (χ3n) is 3.36. The first-order valence-electron chi connectivity index (χ1n) is 7.79. The van der Waals surface area contributed by atoms with E-state index in [-0.39, 0.29) is 6.10 Å². The lowest BCUT2D eigenvalue weighted by molar-refractivity contribution is 0.00707. The van der Waals surface area contributed by atoms with Crippen LogP contribution in [0.15, 0.2) is 18.2 Å². The zero-order valence-electron chi connectivity index (χ0n) is 13.5. The summed E-state index contributed by atoms with van der Waals surface area (Å²) in [5.41, 5.74) is 0.915. The Morgan fingerprint density at radius 2 is 1.35 bits per heavy atom. The zero-order chi connectivity index (χ0) is 16.3. The zero-order valence-corrected chi connectivity index (χ0v) is 13.5. The second-order valence-corrected chi connectivity index (χ2v) is 5.02. The maximum atomic E-state index is 5.77. The van der Waals surface area contributed by atoms with Crippen molar-refractivity contribution >= 4 is 0 Å². The molecule has 0 amide bonds. The van der Waals surface area contributed by atoms with Crippen molar-refractivity contribution in [3.63, 3.8) is 0 Å². The molecule has 130 valence electrons. The van der Waals surface area contributed by atoms with Crippen LogP contribution in [0.1, 0.15) is 18.6 Å². The van der Waals surface area contributed by atoms with Crippen molar-refractivity contribution < 1.29 is 28.5 Å². The van der Waals surface area contributed by atoms with E-state index in [0.29, 0.717) is 64.4 Å². The molecule has 1 aromatic rings. The summed E-state index contributed by atoms with van der Waals surface area (Å²) in [6.45, 7) is 5.87. The van der Waals surface area contributed by atoms with Crippen molar-refractivity contribution in [2.24, 2.45) is 5.90 Å². The molecule has 1 heterocycles. The highest BCUT2D eigenvalue weighted by molar-refractivity contribution is 5.43. The summed E-state index contributed by atoms with van der Waals surface area (Å²) in [4.78, 5) is 4.85.